The Balaban J connectivity index is 1.84. The number of benzene rings is 3. The Labute approximate surface area is 199 Å². The van der Waals surface area contributed by atoms with E-state index >= 15 is 0 Å². The second kappa shape index (κ2) is 10.8. The molecule has 3 aromatic rings. The van der Waals surface area contributed by atoms with Gasteiger partial charge in [-0.2, -0.15) is 0 Å². The summed E-state index contributed by atoms with van der Waals surface area (Å²) in [5, 5.41) is 22.2. The summed E-state index contributed by atoms with van der Waals surface area (Å²) >= 11 is 0. The number of carbonyl (C=O) groups excluding carboxylic acids is 1. The lowest BCUT2D eigenvalue weighted by atomic mass is 10.1. The SMILES string of the molecule is COc1ccc(C(=O)Oc2ccc(C=Cc3ccc([N+](=O)[O-])cc3[N+](=O)[O-])cc2OC)cc1OC. The molecule has 11 heteroatoms. The first-order valence-electron chi connectivity index (χ1n) is 10.0. The highest BCUT2D eigenvalue weighted by Gasteiger charge is 2.18. The number of ether oxygens (including phenoxy) is 4. The fourth-order valence-corrected chi connectivity index (χ4v) is 3.12. The van der Waals surface area contributed by atoms with Gasteiger partial charge in [0.1, 0.15) is 0 Å². The van der Waals surface area contributed by atoms with Gasteiger partial charge in [0.25, 0.3) is 11.4 Å². The summed E-state index contributed by atoms with van der Waals surface area (Å²) < 4.78 is 21.1. The molecule has 180 valence electrons. The Morgan fingerprint density at radius 3 is 2.03 bits per heavy atom. The standard InChI is InChI=1S/C24H20N2O9/c1-32-20-11-8-17(13-23(20)34-3)24(27)35-21-10-5-15(12-22(21)33-2)4-6-16-7-9-18(25(28)29)14-19(16)26(30)31/h4-14H,1-3H3. The molecular formula is C24H20N2O9. The minimum Gasteiger partial charge on any atom is -0.493 e. The second-order valence-corrected chi connectivity index (χ2v) is 6.96. The van der Waals surface area contributed by atoms with Gasteiger partial charge >= 0.3 is 5.97 Å². The molecule has 0 aliphatic heterocycles. The van der Waals surface area contributed by atoms with E-state index in [1.54, 1.807) is 24.3 Å². The largest absolute Gasteiger partial charge is 0.493 e. The molecule has 11 nitrogen and oxygen atoms in total. The number of esters is 1. The van der Waals surface area contributed by atoms with Gasteiger partial charge in [-0.15, -0.1) is 0 Å². The van der Waals surface area contributed by atoms with Crippen LogP contribution in [0.3, 0.4) is 0 Å². The van der Waals surface area contributed by atoms with Crippen LogP contribution < -0.4 is 18.9 Å². The fourth-order valence-electron chi connectivity index (χ4n) is 3.12. The van der Waals surface area contributed by atoms with E-state index in [1.807, 2.05) is 0 Å². The zero-order valence-corrected chi connectivity index (χ0v) is 18.9. The van der Waals surface area contributed by atoms with Crippen LogP contribution in [0.25, 0.3) is 12.2 Å². The first-order chi connectivity index (χ1) is 16.8. The van der Waals surface area contributed by atoms with E-state index in [0.29, 0.717) is 17.1 Å². The minimum absolute atomic E-state index is 0.158. The molecule has 0 fully saturated rings. The normalized spacial score (nSPS) is 10.6. The number of nitro benzene ring substituents is 2. The van der Waals surface area contributed by atoms with Crippen LogP contribution in [0.5, 0.6) is 23.0 Å². The van der Waals surface area contributed by atoms with Crippen molar-refractivity contribution in [1.82, 2.24) is 0 Å². The molecule has 0 saturated heterocycles. The molecule has 3 rings (SSSR count). The Morgan fingerprint density at radius 2 is 1.40 bits per heavy atom. The Morgan fingerprint density at radius 1 is 0.743 bits per heavy atom. The summed E-state index contributed by atoms with van der Waals surface area (Å²) in [7, 11) is 4.34. The van der Waals surface area contributed by atoms with E-state index in [-0.39, 0.29) is 28.3 Å². The third-order valence-electron chi connectivity index (χ3n) is 4.89. The quantitative estimate of drug-likeness (QED) is 0.137. The van der Waals surface area contributed by atoms with Gasteiger partial charge in [-0.05, 0) is 48.0 Å². The highest BCUT2D eigenvalue weighted by Crippen LogP contribution is 2.32. The summed E-state index contributed by atoms with van der Waals surface area (Å²) in [5.74, 6) is 0.597. The van der Waals surface area contributed by atoms with Crippen molar-refractivity contribution >= 4 is 29.5 Å². The lowest BCUT2D eigenvalue weighted by Crippen LogP contribution is -2.09. The molecule has 0 amide bonds. The van der Waals surface area contributed by atoms with Crippen LogP contribution in [0.2, 0.25) is 0 Å². The Kier molecular flexibility index (Phi) is 7.62. The van der Waals surface area contributed by atoms with Crippen molar-refractivity contribution in [2.45, 2.75) is 0 Å². The summed E-state index contributed by atoms with van der Waals surface area (Å²) in [6, 6.07) is 12.7. The lowest BCUT2D eigenvalue weighted by molar-refractivity contribution is -0.394. The maximum Gasteiger partial charge on any atom is 0.343 e. The number of methoxy groups -OCH3 is 3. The number of hydrogen-bond acceptors (Lipinski definition) is 9. The van der Waals surface area contributed by atoms with Crippen LogP contribution in [-0.2, 0) is 0 Å². The van der Waals surface area contributed by atoms with Crippen molar-refractivity contribution in [2.24, 2.45) is 0 Å². The topological polar surface area (TPSA) is 140 Å². The summed E-state index contributed by atoms with van der Waals surface area (Å²) in [5.41, 5.74) is 0.224. The predicted octanol–water partition coefficient (Wildman–Crippen LogP) is 4.92. The minimum atomic E-state index is -0.701. The van der Waals surface area contributed by atoms with Crippen molar-refractivity contribution in [3.63, 3.8) is 0 Å². The van der Waals surface area contributed by atoms with E-state index in [0.717, 1.165) is 6.07 Å². The molecule has 0 N–H and O–H groups in total. The first kappa shape index (κ1) is 24.7. The zero-order chi connectivity index (χ0) is 25.5. The van der Waals surface area contributed by atoms with Crippen LogP contribution in [-0.4, -0.2) is 37.1 Å². The average molecular weight is 480 g/mol. The molecule has 0 radical (unpaired) electrons. The van der Waals surface area contributed by atoms with Crippen molar-refractivity contribution in [1.29, 1.82) is 0 Å². The zero-order valence-electron chi connectivity index (χ0n) is 18.9. The van der Waals surface area contributed by atoms with Crippen molar-refractivity contribution < 1.29 is 33.6 Å². The maximum atomic E-state index is 12.6. The summed E-state index contributed by atoms with van der Waals surface area (Å²) in [6.07, 6.45) is 3.02. The van der Waals surface area contributed by atoms with Crippen LogP contribution in [0, 0.1) is 20.2 Å². The number of nitrogens with zero attached hydrogens (tertiary/aromatic N) is 2. The van der Waals surface area contributed by atoms with E-state index in [1.165, 1.54) is 57.7 Å². The van der Waals surface area contributed by atoms with Crippen molar-refractivity contribution in [3.05, 3.63) is 91.5 Å². The highest BCUT2D eigenvalue weighted by atomic mass is 16.6. The van der Waals surface area contributed by atoms with Crippen LogP contribution >= 0.6 is 0 Å². The lowest BCUT2D eigenvalue weighted by Gasteiger charge is -2.12. The molecule has 0 bridgehead atoms. The summed E-state index contributed by atoms with van der Waals surface area (Å²) in [6.45, 7) is 0. The number of rotatable bonds is 9. The molecule has 0 unspecified atom stereocenters. The number of hydrogen-bond donors (Lipinski definition) is 0. The van der Waals surface area contributed by atoms with Crippen LogP contribution in [0.1, 0.15) is 21.5 Å². The molecule has 3 aromatic carbocycles. The van der Waals surface area contributed by atoms with Gasteiger partial charge in [0, 0.05) is 6.07 Å². The maximum absolute atomic E-state index is 12.6. The first-order valence-corrected chi connectivity index (χ1v) is 10.0. The fraction of sp³-hybridized carbons (Fsp3) is 0.125. The molecule has 0 aliphatic rings. The van der Waals surface area contributed by atoms with E-state index < -0.39 is 21.5 Å². The third kappa shape index (κ3) is 5.71. The van der Waals surface area contributed by atoms with Gasteiger partial charge in [-0.3, -0.25) is 20.2 Å². The molecule has 0 aliphatic carbocycles. The van der Waals surface area contributed by atoms with Gasteiger partial charge in [0.2, 0.25) is 0 Å². The third-order valence-corrected chi connectivity index (χ3v) is 4.89. The molecule has 0 heterocycles. The highest BCUT2D eigenvalue weighted by molar-refractivity contribution is 5.92. The average Bonchev–Trinajstić information content (AvgIpc) is 2.87. The van der Waals surface area contributed by atoms with Crippen molar-refractivity contribution in [2.75, 3.05) is 21.3 Å². The molecule has 35 heavy (non-hydrogen) atoms. The van der Waals surface area contributed by atoms with Gasteiger partial charge in [-0.1, -0.05) is 12.1 Å². The smallest absolute Gasteiger partial charge is 0.343 e. The Bertz CT molecular complexity index is 1320. The number of carbonyl (C=O) groups is 1. The van der Waals surface area contributed by atoms with Gasteiger partial charge < -0.3 is 18.9 Å². The monoisotopic (exact) mass is 480 g/mol. The molecule has 0 aromatic heterocycles. The molecular weight excluding hydrogens is 460 g/mol. The van der Waals surface area contributed by atoms with Crippen LogP contribution in [0.4, 0.5) is 11.4 Å². The van der Waals surface area contributed by atoms with E-state index in [9.17, 15) is 25.0 Å². The second-order valence-electron chi connectivity index (χ2n) is 6.96. The molecule has 0 spiro atoms. The summed E-state index contributed by atoms with van der Waals surface area (Å²) in [4.78, 5) is 33.4. The molecule has 0 saturated carbocycles. The molecule has 0 atom stereocenters. The van der Waals surface area contributed by atoms with E-state index in [2.05, 4.69) is 0 Å². The van der Waals surface area contributed by atoms with Gasteiger partial charge in [0.15, 0.2) is 23.0 Å². The van der Waals surface area contributed by atoms with Gasteiger partial charge in [0.05, 0.1) is 48.4 Å². The Hall–Kier alpha value is -4.93. The van der Waals surface area contributed by atoms with E-state index in [4.69, 9.17) is 18.9 Å². The predicted molar refractivity (Wildman–Crippen MR) is 126 cm³/mol. The van der Waals surface area contributed by atoms with Crippen LogP contribution in [0.15, 0.2) is 54.6 Å². The number of non-ortho nitro benzene ring substituents is 1. The van der Waals surface area contributed by atoms with Gasteiger partial charge in [-0.25, -0.2) is 4.79 Å². The number of nitro groups is 2. The van der Waals surface area contributed by atoms with Crippen molar-refractivity contribution in [3.8, 4) is 23.0 Å².